The first-order chi connectivity index (χ1) is 3.72. The average Bonchev–Trinajstić information content (AvgIpc) is 1.69. The van der Waals surface area contributed by atoms with Crippen molar-refractivity contribution in [3.8, 4) is 0 Å². The predicted octanol–water partition coefficient (Wildman–Crippen LogP) is -0.139. The molecule has 5 heteroatoms. The Balaban J connectivity index is 4.13. The molecule has 0 heterocycles. The number of aldehydes is 1. The molecule has 0 aromatic heterocycles. The lowest BCUT2D eigenvalue weighted by molar-refractivity contribution is -0.418. The summed E-state index contributed by atoms with van der Waals surface area (Å²) >= 11 is 0. The molecular weight excluding hydrogens is 114 g/mol. The highest BCUT2D eigenvalue weighted by Gasteiger charge is 2.05. The lowest BCUT2D eigenvalue weighted by atomic mass is 10.6. The van der Waals surface area contributed by atoms with Crippen LogP contribution in [0.2, 0.25) is 0 Å². The molecule has 0 amide bonds. The molecule has 0 aromatic rings. The third-order valence-electron chi connectivity index (χ3n) is 0.464. The van der Waals surface area contributed by atoms with E-state index in [9.17, 15) is 14.9 Å². The van der Waals surface area contributed by atoms with Gasteiger partial charge < -0.3 is 5.11 Å². The molecule has 1 N–H and O–H groups in total. The second-order valence-electron chi connectivity index (χ2n) is 0.929. The monoisotopic (exact) mass is 117 g/mol. The number of aliphatic hydroxyl groups is 1. The normalized spacial score (nSPS) is 10.8. The van der Waals surface area contributed by atoms with Crippen LogP contribution in [0.5, 0.6) is 0 Å². The molecule has 44 valence electrons. The first-order valence-electron chi connectivity index (χ1n) is 1.66. The van der Waals surface area contributed by atoms with Gasteiger partial charge in [-0.15, -0.1) is 0 Å². The molecule has 0 unspecified atom stereocenters. The number of carbonyl (C=O) groups is 1. The van der Waals surface area contributed by atoms with Crippen LogP contribution < -0.4 is 0 Å². The maximum absolute atomic E-state index is 9.51. The molecule has 0 spiro atoms. The second kappa shape index (κ2) is 2.73. The second-order valence-corrected chi connectivity index (χ2v) is 0.929. The van der Waals surface area contributed by atoms with Gasteiger partial charge >= 0.3 is 5.70 Å². The van der Waals surface area contributed by atoms with Crippen LogP contribution in [0.25, 0.3) is 0 Å². The summed E-state index contributed by atoms with van der Waals surface area (Å²) in [5.74, 6) is 0. The van der Waals surface area contributed by atoms with E-state index >= 15 is 0 Å². The topological polar surface area (TPSA) is 80.4 Å². The summed E-state index contributed by atoms with van der Waals surface area (Å²) in [6, 6.07) is 0. The first kappa shape index (κ1) is 6.61. The first-order valence-corrected chi connectivity index (χ1v) is 1.66. The fourth-order valence-corrected chi connectivity index (χ4v) is 0.121. The fraction of sp³-hybridized carbons (Fsp3) is 0. The van der Waals surface area contributed by atoms with E-state index in [0.29, 0.717) is 0 Å². The summed E-state index contributed by atoms with van der Waals surface area (Å²) in [7, 11) is 0. The zero-order valence-electron chi connectivity index (χ0n) is 3.77. The van der Waals surface area contributed by atoms with Crippen molar-refractivity contribution in [3.63, 3.8) is 0 Å². The number of nitro groups is 1. The van der Waals surface area contributed by atoms with E-state index < -0.39 is 10.6 Å². The maximum atomic E-state index is 9.51. The minimum atomic E-state index is -0.979. The quantitative estimate of drug-likeness (QED) is 0.179. The molecule has 0 bridgehead atoms. The highest BCUT2D eigenvalue weighted by atomic mass is 16.6. The van der Waals surface area contributed by atoms with Gasteiger partial charge in [0.25, 0.3) is 0 Å². The molecule has 0 saturated carbocycles. The van der Waals surface area contributed by atoms with Crippen LogP contribution in [0.15, 0.2) is 12.0 Å². The molecule has 8 heavy (non-hydrogen) atoms. The van der Waals surface area contributed by atoms with Gasteiger partial charge in [0.15, 0.2) is 6.26 Å². The van der Waals surface area contributed by atoms with E-state index in [1.165, 1.54) is 0 Å². The van der Waals surface area contributed by atoms with Crippen LogP contribution in [0.4, 0.5) is 0 Å². The van der Waals surface area contributed by atoms with Crippen molar-refractivity contribution in [2.75, 3.05) is 0 Å². The van der Waals surface area contributed by atoms with Crippen LogP contribution in [-0.2, 0) is 4.79 Å². The number of allylic oxidation sites excluding steroid dienone is 1. The molecule has 0 aliphatic carbocycles. The largest absolute Gasteiger partial charge is 0.509 e. The van der Waals surface area contributed by atoms with Gasteiger partial charge in [-0.2, -0.15) is 0 Å². The Morgan fingerprint density at radius 3 is 2.25 bits per heavy atom. The minimum absolute atomic E-state index is 0.0417. The lowest BCUT2D eigenvalue weighted by Crippen LogP contribution is -1.98. The molecule has 0 aliphatic rings. The molecular formula is C3H3NO4. The van der Waals surface area contributed by atoms with Gasteiger partial charge in [-0.1, -0.05) is 0 Å². The molecule has 0 atom stereocenters. The number of aliphatic hydroxyl groups excluding tert-OH is 1. The summed E-state index contributed by atoms with van der Waals surface area (Å²) in [5.41, 5.74) is -0.843. The third kappa shape index (κ3) is 1.38. The van der Waals surface area contributed by atoms with Crippen molar-refractivity contribution in [3.05, 3.63) is 22.1 Å². The third-order valence-corrected chi connectivity index (χ3v) is 0.464. The number of carbonyl (C=O) groups excluding carboxylic acids is 1. The molecule has 0 aliphatic heterocycles. The van der Waals surface area contributed by atoms with Crippen LogP contribution in [-0.4, -0.2) is 16.3 Å². The number of hydrogen-bond acceptors (Lipinski definition) is 4. The molecule has 0 aromatic carbocycles. The van der Waals surface area contributed by atoms with Crippen LogP contribution in [0.3, 0.4) is 0 Å². The SMILES string of the molecule is O=CC(=CO)[N+](=O)[O-]. The number of rotatable bonds is 2. The smallest absolute Gasteiger partial charge is 0.342 e. The van der Waals surface area contributed by atoms with Gasteiger partial charge in [-0.05, 0) is 0 Å². The average molecular weight is 117 g/mol. The summed E-state index contributed by atoms with van der Waals surface area (Å²) in [4.78, 5) is 18.0. The van der Waals surface area contributed by atoms with Crippen molar-refractivity contribution in [1.29, 1.82) is 0 Å². The fourth-order valence-electron chi connectivity index (χ4n) is 0.121. The Labute approximate surface area is 44.4 Å². The van der Waals surface area contributed by atoms with Crippen molar-refractivity contribution in [2.45, 2.75) is 0 Å². The highest BCUT2D eigenvalue weighted by molar-refractivity contribution is 5.68. The highest BCUT2D eigenvalue weighted by Crippen LogP contribution is 1.84. The van der Waals surface area contributed by atoms with E-state index in [1.807, 2.05) is 0 Å². The van der Waals surface area contributed by atoms with E-state index in [1.54, 1.807) is 0 Å². The van der Waals surface area contributed by atoms with Crippen LogP contribution in [0, 0.1) is 10.1 Å². The zero-order chi connectivity index (χ0) is 6.57. The van der Waals surface area contributed by atoms with Crippen molar-refractivity contribution in [2.24, 2.45) is 0 Å². The van der Waals surface area contributed by atoms with Crippen LogP contribution >= 0.6 is 0 Å². The van der Waals surface area contributed by atoms with Crippen LogP contribution in [0.1, 0.15) is 0 Å². The minimum Gasteiger partial charge on any atom is -0.509 e. The van der Waals surface area contributed by atoms with Gasteiger partial charge in [0.1, 0.15) is 0 Å². The summed E-state index contributed by atoms with van der Waals surface area (Å²) in [5, 5.41) is 17.4. The predicted molar refractivity (Wildman–Crippen MR) is 23.8 cm³/mol. The van der Waals surface area contributed by atoms with Gasteiger partial charge in [0, 0.05) is 0 Å². The standard InChI is InChI=1S/C3H3NO4/c5-1-3(2-6)4(7)8/h1-2,5H. The molecule has 5 nitrogen and oxygen atoms in total. The summed E-state index contributed by atoms with van der Waals surface area (Å²) < 4.78 is 0. The summed E-state index contributed by atoms with van der Waals surface area (Å²) in [6.07, 6.45) is 0.104. The van der Waals surface area contributed by atoms with E-state index in [2.05, 4.69) is 0 Å². The number of hydrogen-bond donors (Lipinski definition) is 1. The Bertz CT molecular complexity index is 138. The van der Waals surface area contributed by atoms with Gasteiger partial charge in [0.2, 0.25) is 6.29 Å². The number of nitrogens with zero attached hydrogens (tertiary/aromatic N) is 1. The lowest BCUT2D eigenvalue weighted by Gasteiger charge is -1.80. The van der Waals surface area contributed by atoms with Gasteiger partial charge in [-0.3, -0.25) is 14.9 Å². The Hall–Kier alpha value is -1.39. The summed E-state index contributed by atoms with van der Waals surface area (Å²) in [6.45, 7) is 0. The van der Waals surface area contributed by atoms with Gasteiger partial charge in [0.05, 0.1) is 4.92 Å². The van der Waals surface area contributed by atoms with Gasteiger partial charge in [-0.25, -0.2) is 0 Å². The zero-order valence-corrected chi connectivity index (χ0v) is 3.77. The molecule has 0 radical (unpaired) electrons. The Kier molecular flexibility index (Phi) is 2.25. The van der Waals surface area contributed by atoms with E-state index in [0.717, 1.165) is 0 Å². The maximum Gasteiger partial charge on any atom is 0.342 e. The Morgan fingerprint density at radius 1 is 1.75 bits per heavy atom. The van der Waals surface area contributed by atoms with Crippen molar-refractivity contribution in [1.82, 2.24) is 0 Å². The molecule has 0 rings (SSSR count). The van der Waals surface area contributed by atoms with Crippen molar-refractivity contribution < 1.29 is 14.8 Å². The molecule has 0 fully saturated rings. The molecule has 0 saturated heterocycles. The van der Waals surface area contributed by atoms with E-state index in [4.69, 9.17) is 5.11 Å². The Morgan fingerprint density at radius 2 is 2.25 bits per heavy atom. The van der Waals surface area contributed by atoms with Crippen molar-refractivity contribution >= 4 is 6.29 Å². The van der Waals surface area contributed by atoms with E-state index in [-0.39, 0.29) is 12.5 Å².